The average Bonchev–Trinajstić information content (AvgIpc) is 2.36. The molecular weight excluding hydrogens is 257 g/mol. The van der Waals surface area contributed by atoms with Crippen LogP contribution in [0.2, 0.25) is 0 Å². The van der Waals surface area contributed by atoms with Crippen LogP contribution in [-0.4, -0.2) is 25.9 Å². The van der Waals surface area contributed by atoms with E-state index in [1.807, 2.05) is 6.92 Å². The number of alkyl halides is 3. The van der Waals surface area contributed by atoms with Gasteiger partial charge in [-0.3, -0.25) is 11.3 Å². The van der Waals surface area contributed by atoms with Gasteiger partial charge < -0.3 is 4.74 Å². The molecule has 0 aromatic heterocycles. The number of nitrogens with one attached hydrogen (secondary N) is 1. The molecule has 0 aromatic rings. The predicted molar refractivity (Wildman–Crippen MR) is 68.3 cm³/mol. The van der Waals surface area contributed by atoms with Crippen molar-refractivity contribution in [3.05, 3.63) is 0 Å². The van der Waals surface area contributed by atoms with Gasteiger partial charge in [-0.1, -0.05) is 13.3 Å². The second-order valence-corrected chi connectivity index (χ2v) is 5.62. The molecule has 4 unspecified atom stereocenters. The highest BCUT2D eigenvalue weighted by Gasteiger charge is 2.44. The van der Waals surface area contributed by atoms with Crippen LogP contribution in [0.1, 0.15) is 39.0 Å². The van der Waals surface area contributed by atoms with E-state index in [0.29, 0.717) is 13.0 Å². The summed E-state index contributed by atoms with van der Waals surface area (Å²) in [6.45, 7) is 2.62. The number of rotatable bonds is 6. The zero-order chi connectivity index (χ0) is 14.5. The molecule has 1 rings (SSSR count). The van der Waals surface area contributed by atoms with E-state index in [-0.39, 0.29) is 30.7 Å². The highest BCUT2D eigenvalue weighted by molar-refractivity contribution is 4.86. The monoisotopic (exact) mass is 282 g/mol. The van der Waals surface area contributed by atoms with Gasteiger partial charge in [0.25, 0.3) is 0 Å². The Labute approximate surface area is 113 Å². The smallest absolute Gasteiger partial charge is 0.385 e. The summed E-state index contributed by atoms with van der Waals surface area (Å²) in [6.07, 6.45) is -1.38. The molecule has 1 fully saturated rings. The standard InChI is InChI=1S/C13H25F3N2O/c1-9(6-7-19-2)12(18-17)10-4-3-5-11(8-10)13(14,15)16/h9-12,18H,3-8,17H2,1-2H3. The molecule has 0 aromatic carbocycles. The summed E-state index contributed by atoms with van der Waals surface area (Å²) in [5.74, 6) is 4.60. The third-order valence-corrected chi connectivity index (χ3v) is 4.27. The second kappa shape index (κ2) is 7.45. The van der Waals surface area contributed by atoms with E-state index in [9.17, 15) is 13.2 Å². The summed E-state index contributed by atoms with van der Waals surface area (Å²) in [5.41, 5.74) is 2.73. The van der Waals surface area contributed by atoms with Gasteiger partial charge >= 0.3 is 6.18 Å². The third-order valence-electron chi connectivity index (χ3n) is 4.27. The SMILES string of the molecule is COCCC(C)C(NN)C1CCCC(C(F)(F)F)C1. The van der Waals surface area contributed by atoms with Gasteiger partial charge in [-0.05, 0) is 37.5 Å². The van der Waals surface area contributed by atoms with Crippen molar-refractivity contribution >= 4 is 0 Å². The number of ether oxygens (including phenoxy) is 1. The van der Waals surface area contributed by atoms with Crippen molar-refractivity contribution in [3.8, 4) is 0 Å². The van der Waals surface area contributed by atoms with E-state index < -0.39 is 12.1 Å². The van der Waals surface area contributed by atoms with E-state index in [1.54, 1.807) is 7.11 Å². The molecule has 1 aliphatic carbocycles. The summed E-state index contributed by atoms with van der Waals surface area (Å²) in [7, 11) is 1.62. The normalized spacial score (nSPS) is 28.1. The van der Waals surface area contributed by atoms with E-state index in [2.05, 4.69) is 5.43 Å². The molecule has 0 aliphatic heterocycles. The van der Waals surface area contributed by atoms with Gasteiger partial charge in [-0.2, -0.15) is 13.2 Å². The van der Waals surface area contributed by atoms with Gasteiger partial charge in [-0.25, -0.2) is 0 Å². The van der Waals surface area contributed by atoms with Gasteiger partial charge in [0.15, 0.2) is 0 Å². The zero-order valence-electron chi connectivity index (χ0n) is 11.7. The molecule has 4 atom stereocenters. The zero-order valence-corrected chi connectivity index (χ0v) is 11.7. The Morgan fingerprint density at radius 3 is 2.58 bits per heavy atom. The first-order chi connectivity index (χ1) is 8.90. The average molecular weight is 282 g/mol. The molecule has 3 N–H and O–H groups in total. The third kappa shape index (κ3) is 4.93. The Hall–Kier alpha value is -0.330. The fourth-order valence-electron chi connectivity index (χ4n) is 3.10. The minimum Gasteiger partial charge on any atom is -0.385 e. The summed E-state index contributed by atoms with van der Waals surface area (Å²) < 4.78 is 43.5. The summed E-state index contributed by atoms with van der Waals surface area (Å²) in [5, 5.41) is 0. The van der Waals surface area contributed by atoms with E-state index in [1.165, 1.54) is 0 Å². The van der Waals surface area contributed by atoms with Crippen molar-refractivity contribution in [2.45, 2.75) is 51.2 Å². The Morgan fingerprint density at radius 1 is 1.37 bits per heavy atom. The van der Waals surface area contributed by atoms with E-state index in [0.717, 1.165) is 12.8 Å². The minimum atomic E-state index is -4.08. The molecule has 3 nitrogen and oxygen atoms in total. The number of hydrogen-bond donors (Lipinski definition) is 2. The van der Waals surface area contributed by atoms with Crippen LogP contribution in [0.3, 0.4) is 0 Å². The molecule has 0 saturated heterocycles. The maximum Gasteiger partial charge on any atom is 0.391 e. The fourth-order valence-corrected chi connectivity index (χ4v) is 3.10. The van der Waals surface area contributed by atoms with Gasteiger partial charge in [-0.15, -0.1) is 0 Å². The maximum absolute atomic E-state index is 12.8. The van der Waals surface area contributed by atoms with Crippen LogP contribution in [0.4, 0.5) is 13.2 Å². The lowest BCUT2D eigenvalue weighted by atomic mass is 9.74. The molecule has 0 radical (unpaired) electrons. The van der Waals surface area contributed by atoms with Crippen LogP contribution in [0.25, 0.3) is 0 Å². The molecular formula is C13H25F3N2O. The summed E-state index contributed by atoms with van der Waals surface area (Å²) in [4.78, 5) is 0. The van der Waals surface area contributed by atoms with Crippen molar-refractivity contribution in [1.29, 1.82) is 0 Å². The Morgan fingerprint density at radius 2 is 2.05 bits per heavy atom. The molecule has 0 amide bonds. The minimum absolute atomic E-state index is 0.00256. The van der Waals surface area contributed by atoms with Crippen molar-refractivity contribution in [3.63, 3.8) is 0 Å². The van der Waals surface area contributed by atoms with Crippen LogP contribution in [-0.2, 0) is 4.74 Å². The van der Waals surface area contributed by atoms with E-state index >= 15 is 0 Å². The van der Waals surface area contributed by atoms with Crippen LogP contribution in [0.15, 0.2) is 0 Å². The largest absolute Gasteiger partial charge is 0.391 e. The predicted octanol–water partition coefficient (Wildman–Crippen LogP) is 2.86. The van der Waals surface area contributed by atoms with E-state index in [4.69, 9.17) is 10.6 Å². The molecule has 114 valence electrons. The Kier molecular flexibility index (Phi) is 6.56. The lowest BCUT2D eigenvalue weighted by Crippen LogP contribution is -2.48. The lowest BCUT2D eigenvalue weighted by Gasteiger charge is -2.37. The van der Waals surface area contributed by atoms with Crippen LogP contribution >= 0.6 is 0 Å². The molecule has 0 bridgehead atoms. The highest BCUT2D eigenvalue weighted by atomic mass is 19.4. The number of halogens is 3. The van der Waals surface area contributed by atoms with Gasteiger partial charge in [0.1, 0.15) is 0 Å². The van der Waals surface area contributed by atoms with Gasteiger partial charge in [0.05, 0.1) is 5.92 Å². The molecule has 1 saturated carbocycles. The number of nitrogens with two attached hydrogens (primary N) is 1. The van der Waals surface area contributed by atoms with Crippen molar-refractivity contribution < 1.29 is 17.9 Å². The molecule has 1 aliphatic rings. The van der Waals surface area contributed by atoms with Crippen LogP contribution < -0.4 is 11.3 Å². The van der Waals surface area contributed by atoms with Crippen LogP contribution in [0.5, 0.6) is 0 Å². The fraction of sp³-hybridized carbons (Fsp3) is 1.00. The number of methoxy groups -OCH3 is 1. The number of hydrogen-bond acceptors (Lipinski definition) is 3. The molecule has 19 heavy (non-hydrogen) atoms. The van der Waals surface area contributed by atoms with Crippen molar-refractivity contribution in [1.82, 2.24) is 5.43 Å². The lowest BCUT2D eigenvalue weighted by molar-refractivity contribution is -0.187. The van der Waals surface area contributed by atoms with Crippen molar-refractivity contribution in [2.24, 2.45) is 23.6 Å². The second-order valence-electron chi connectivity index (χ2n) is 5.62. The molecule has 6 heteroatoms. The quantitative estimate of drug-likeness (QED) is 0.582. The first-order valence-corrected chi connectivity index (χ1v) is 6.92. The summed E-state index contributed by atoms with van der Waals surface area (Å²) >= 11 is 0. The number of hydrazine groups is 1. The Balaban J connectivity index is 2.60. The first kappa shape index (κ1) is 16.7. The topological polar surface area (TPSA) is 47.3 Å². The van der Waals surface area contributed by atoms with Crippen molar-refractivity contribution in [2.75, 3.05) is 13.7 Å². The van der Waals surface area contributed by atoms with Crippen LogP contribution in [0, 0.1) is 17.8 Å². The highest BCUT2D eigenvalue weighted by Crippen LogP contribution is 2.41. The first-order valence-electron chi connectivity index (χ1n) is 6.92. The molecule has 0 spiro atoms. The Bertz CT molecular complexity index is 261. The van der Waals surface area contributed by atoms with Gasteiger partial charge in [0, 0.05) is 19.8 Å². The van der Waals surface area contributed by atoms with Gasteiger partial charge in [0.2, 0.25) is 0 Å². The summed E-state index contributed by atoms with van der Waals surface area (Å²) in [6, 6.07) is -0.0692. The maximum atomic E-state index is 12.8. The molecule has 0 heterocycles.